The lowest BCUT2D eigenvalue weighted by Crippen LogP contribution is -2.31. The lowest BCUT2D eigenvalue weighted by atomic mass is 10.7. The molecule has 56 valence electrons. The Bertz CT molecular complexity index is 82.3. The average molecular weight is 152 g/mol. The summed E-state index contributed by atoms with van der Waals surface area (Å²) in [5, 5.41) is 2.87. The Labute approximate surface area is 62.1 Å². The summed E-state index contributed by atoms with van der Waals surface area (Å²) in [4.78, 5) is 3.90. The molecule has 0 aromatic rings. The van der Waals surface area contributed by atoms with E-state index in [-0.39, 0.29) is 12.4 Å². The van der Waals surface area contributed by atoms with Gasteiger partial charge in [-0.05, 0) is 13.8 Å². The first kappa shape index (κ1) is 11.4. The Morgan fingerprint density at radius 1 is 1.56 bits per heavy atom. The predicted octanol–water partition coefficient (Wildman–Crippen LogP) is 0.352. The molecule has 0 heterocycles. The molecule has 0 atom stereocenters. The Kier molecular flexibility index (Phi) is 9.55. The number of rotatable bonds is 2. The van der Waals surface area contributed by atoms with Gasteiger partial charge >= 0.3 is 0 Å². The molecule has 0 aromatic carbocycles. The summed E-state index contributed by atoms with van der Waals surface area (Å²) in [6.45, 7) is 5.52. The second kappa shape index (κ2) is 7.56. The maximum absolute atomic E-state index is 5.33. The van der Waals surface area contributed by atoms with Gasteiger partial charge in [-0.2, -0.15) is 0 Å². The number of guanidine groups is 1. The highest BCUT2D eigenvalue weighted by atomic mass is 35.5. The van der Waals surface area contributed by atoms with Crippen LogP contribution in [0.5, 0.6) is 0 Å². The van der Waals surface area contributed by atoms with Crippen LogP contribution in [0.15, 0.2) is 4.99 Å². The zero-order valence-electron chi connectivity index (χ0n) is 5.85. The van der Waals surface area contributed by atoms with Crippen molar-refractivity contribution < 1.29 is 0 Å². The molecule has 3 N–H and O–H groups in total. The highest BCUT2D eigenvalue weighted by Crippen LogP contribution is 1.63. The minimum absolute atomic E-state index is 0. The quantitative estimate of drug-likeness (QED) is 0.442. The minimum Gasteiger partial charge on any atom is -0.370 e. The third-order valence-corrected chi connectivity index (χ3v) is 0.686. The summed E-state index contributed by atoms with van der Waals surface area (Å²) in [6.07, 6.45) is 0. The summed E-state index contributed by atoms with van der Waals surface area (Å²) < 4.78 is 0. The zero-order valence-corrected chi connectivity index (χ0v) is 6.66. The lowest BCUT2D eigenvalue weighted by Gasteiger charge is -1.97. The summed E-state index contributed by atoms with van der Waals surface area (Å²) in [7, 11) is 0. The van der Waals surface area contributed by atoms with Crippen LogP contribution in [0.25, 0.3) is 0 Å². The fourth-order valence-corrected chi connectivity index (χ4v) is 0.407. The van der Waals surface area contributed by atoms with Crippen LogP contribution in [-0.4, -0.2) is 19.0 Å². The van der Waals surface area contributed by atoms with Crippen LogP contribution in [0.3, 0.4) is 0 Å². The first-order valence-corrected chi connectivity index (χ1v) is 2.85. The molecular formula is C5H14ClN3. The van der Waals surface area contributed by atoms with Crippen molar-refractivity contribution in [1.29, 1.82) is 0 Å². The van der Waals surface area contributed by atoms with Gasteiger partial charge in [-0.3, -0.25) is 4.99 Å². The molecule has 0 saturated heterocycles. The average Bonchev–Trinajstić information content (AvgIpc) is 1.68. The molecule has 3 nitrogen and oxygen atoms in total. The maximum atomic E-state index is 5.33. The molecule has 0 unspecified atom stereocenters. The topological polar surface area (TPSA) is 50.4 Å². The molecule has 9 heavy (non-hydrogen) atoms. The molecule has 0 amide bonds. The van der Waals surface area contributed by atoms with E-state index in [0.717, 1.165) is 13.1 Å². The Balaban J connectivity index is 0. The van der Waals surface area contributed by atoms with E-state index >= 15 is 0 Å². The van der Waals surface area contributed by atoms with Crippen LogP contribution in [-0.2, 0) is 0 Å². The first-order valence-electron chi connectivity index (χ1n) is 2.85. The van der Waals surface area contributed by atoms with Crippen molar-refractivity contribution in [1.82, 2.24) is 5.32 Å². The maximum Gasteiger partial charge on any atom is 0.188 e. The van der Waals surface area contributed by atoms with Crippen molar-refractivity contribution in [3.63, 3.8) is 0 Å². The molecule has 0 radical (unpaired) electrons. The second-order valence-electron chi connectivity index (χ2n) is 1.39. The van der Waals surface area contributed by atoms with Gasteiger partial charge in [-0.25, -0.2) is 0 Å². The van der Waals surface area contributed by atoms with Gasteiger partial charge in [0.05, 0.1) is 0 Å². The molecule has 0 aliphatic rings. The lowest BCUT2D eigenvalue weighted by molar-refractivity contribution is 0.935. The molecule has 0 fully saturated rings. The van der Waals surface area contributed by atoms with E-state index in [4.69, 9.17) is 5.73 Å². The van der Waals surface area contributed by atoms with Gasteiger partial charge in [0.2, 0.25) is 0 Å². The Morgan fingerprint density at radius 3 is 2.44 bits per heavy atom. The van der Waals surface area contributed by atoms with Crippen LogP contribution < -0.4 is 11.1 Å². The van der Waals surface area contributed by atoms with Gasteiger partial charge in [0.15, 0.2) is 5.96 Å². The molecule has 0 spiro atoms. The van der Waals surface area contributed by atoms with E-state index in [1.54, 1.807) is 0 Å². The number of nitrogens with one attached hydrogen (secondary N) is 1. The van der Waals surface area contributed by atoms with E-state index < -0.39 is 0 Å². The van der Waals surface area contributed by atoms with Gasteiger partial charge in [-0.1, -0.05) is 0 Å². The summed E-state index contributed by atoms with van der Waals surface area (Å²) in [5.41, 5.74) is 5.33. The van der Waals surface area contributed by atoms with E-state index in [1.165, 1.54) is 0 Å². The first-order chi connectivity index (χ1) is 3.81. The molecular weight excluding hydrogens is 138 g/mol. The molecule has 0 aromatic heterocycles. The van der Waals surface area contributed by atoms with E-state index in [1.807, 2.05) is 13.8 Å². The molecule has 4 heteroatoms. The van der Waals surface area contributed by atoms with E-state index in [0.29, 0.717) is 5.96 Å². The standard InChI is InChI=1S/C5H13N3.ClH/c1-3-7-5(6)8-4-2;/h3-4H2,1-2H3,(H3,6,7,8);1H. The van der Waals surface area contributed by atoms with E-state index in [9.17, 15) is 0 Å². The predicted molar refractivity (Wildman–Crippen MR) is 43.1 cm³/mol. The monoisotopic (exact) mass is 151 g/mol. The Hall–Kier alpha value is -0.440. The van der Waals surface area contributed by atoms with Crippen LogP contribution >= 0.6 is 12.4 Å². The number of halogens is 1. The molecule has 0 aliphatic carbocycles. The summed E-state index contributed by atoms with van der Waals surface area (Å²) in [6, 6.07) is 0. The van der Waals surface area contributed by atoms with Crippen LogP contribution in [0.2, 0.25) is 0 Å². The van der Waals surface area contributed by atoms with Gasteiger partial charge in [-0.15, -0.1) is 12.4 Å². The van der Waals surface area contributed by atoms with Crippen LogP contribution in [0.4, 0.5) is 0 Å². The van der Waals surface area contributed by atoms with E-state index in [2.05, 4.69) is 10.3 Å². The van der Waals surface area contributed by atoms with Crippen molar-refractivity contribution in [3.8, 4) is 0 Å². The minimum atomic E-state index is 0. The zero-order chi connectivity index (χ0) is 6.41. The molecule has 0 aliphatic heterocycles. The number of nitrogens with two attached hydrogens (primary N) is 1. The van der Waals surface area contributed by atoms with Crippen molar-refractivity contribution in [3.05, 3.63) is 0 Å². The van der Waals surface area contributed by atoms with Gasteiger partial charge in [0.1, 0.15) is 0 Å². The third-order valence-electron chi connectivity index (χ3n) is 0.686. The van der Waals surface area contributed by atoms with Crippen molar-refractivity contribution in [2.45, 2.75) is 13.8 Å². The highest BCUT2D eigenvalue weighted by Gasteiger charge is 1.80. The van der Waals surface area contributed by atoms with Crippen LogP contribution in [0.1, 0.15) is 13.8 Å². The largest absolute Gasteiger partial charge is 0.370 e. The normalized spacial score (nSPS) is 10.2. The van der Waals surface area contributed by atoms with Gasteiger partial charge in [0.25, 0.3) is 0 Å². The number of hydrogen-bond donors (Lipinski definition) is 2. The number of hydrogen-bond acceptors (Lipinski definition) is 1. The Morgan fingerprint density at radius 2 is 2.11 bits per heavy atom. The van der Waals surface area contributed by atoms with Crippen molar-refractivity contribution in [2.75, 3.05) is 13.1 Å². The summed E-state index contributed by atoms with van der Waals surface area (Å²) in [5.74, 6) is 0.537. The molecule has 0 saturated carbocycles. The van der Waals surface area contributed by atoms with Gasteiger partial charge in [0, 0.05) is 13.1 Å². The van der Waals surface area contributed by atoms with Gasteiger partial charge < -0.3 is 11.1 Å². The number of nitrogens with zero attached hydrogens (tertiary/aromatic N) is 1. The SMILES string of the molecule is CCN=C(N)NCC.Cl. The second-order valence-corrected chi connectivity index (χ2v) is 1.39. The fraction of sp³-hybridized carbons (Fsp3) is 0.800. The number of aliphatic imine (C=N–C) groups is 1. The third kappa shape index (κ3) is 7.56. The van der Waals surface area contributed by atoms with Crippen LogP contribution in [0, 0.1) is 0 Å². The fourth-order valence-electron chi connectivity index (χ4n) is 0.407. The van der Waals surface area contributed by atoms with Crippen molar-refractivity contribution >= 4 is 18.4 Å². The summed E-state index contributed by atoms with van der Waals surface area (Å²) >= 11 is 0. The molecule has 0 rings (SSSR count). The highest BCUT2D eigenvalue weighted by molar-refractivity contribution is 5.85. The van der Waals surface area contributed by atoms with Crippen molar-refractivity contribution in [2.24, 2.45) is 10.7 Å². The smallest absolute Gasteiger partial charge is 0.188 e. The molecule has 0 bridgehead atoms.